The molecule has 0 unspecified atom stereocenters. The number of anilines is 1. The summed E-state index contributed by atoms with van der Waals surface area (Å²) in [6.45, 7) is 0.982. The number of benzene rings is 1. The van der Waals surface area contributed by atoms with Crippen molar-refractivity contribution in [1.82, 2.24) is 19.4 Å². The number of rotatable bonds is 4. The van der Waals surface area contributed by atoms with E-state index >= 15 is 0 Å². The number of primary amides is 1. The maximum atomic E-state index is 11.6. The molecule has 28 heavy (non-hydrogen) atoms. The van der Waals surface area contributed by atoms with Gasteiger partial charge in [-0.05, 0) is 37.1 Å². The lowest BCUT2D eigenvalue weighted by atomic mass is 10.1. The molecule has 1 aliphatic rings. The molecule has 2 aromatic heterocycles. The monoisotopic (exact) mass is 380 g/mol. The van der Waals surface area contributed by atoms with Gasteiger partial charge >= 0.3 is 6.09 Å². The Balaban J connectivity index is 1.57. The summed E-state index contributed by atoms with van der Waals surface area (Å²) in [7, 11) is 0. The van der Waals surface area contributed by atoms with E-state index in [0.29, 0.717) is 43.3 Å². The maximum absolute atomic E-state index is 11.6. The minimum Gasteiger partial charge on any atom is -0.465 e. The standard InChI is InChI=1S/C19H20N6O3/c20-17(26)14-2-1-3-15-13(14)7-11-25(15)16-4-8-21-18(23-16)22-12-5-9-24(10-6-12)19(27)28/h1-4,7-8,11-12H,5-6,9-10H2,(H2,20,26)(H,27,28)(H,21,22,23). The summed E-state index contributed by atoms with van der Waals surface area (Å²) in [5, 5.41) is 13.1. The number of amides is 2. The van der Waals surface area contributed by atoms with Gasteiger partial charge in [0, 0.05) is 42.5 Å². The first-order valence-electron chi connectivity index (χ1n) is 9.00. The minimum absolute atomic E-state index is 0.119. The number of piperidine rings is 1. The third-order valence-electron chi connectivity index (χ3n) is 4.98. The Labute approximate surface area is 160 Å². The van der Waals surface area contributed by atoms with Gasteiger partial charge in [-0.1, -0.05) is 6.07 Å². The van der Waals surface area contributed by atoms with Crippen molar-refractivity contribution in [3.63, 3.8) is 0 Å². The highest BCUT2D eigenvalue weighted by molar-refractivity contribution is 6.06. The Bertz CT molecular complexity index is 1040. The lowest BCUT2D eigenvalue weighted by Gasteiger charge is -2.30. The lowest BCUT2D eigenvalue weighted by molar-refractivity contribution is 0.100. The third-order valence-corrected chi connectivity index (χ3v) is 4.98. The molecule has 0 atom stereocenters. The number of aromatic nitrogens is 3. The normalized spacial score (nSPS) is 14.9. The number of carbonyl (C=O) groups is 2. The van der Waals surface area contributed by atoms with Gasteiger partial charge in [-0.2, -0.15) is 4.98 Å². The van der Waals surface area contributed by atoms with Gasteiger partial charge in [0.25, 0.3) is 0 Å². The van der Waals surface area contributed by atoms with Crippen LogP contribution in [0, 0.1) is 0 Å². The Hall–Kier alpha value is -3.62. The van der Waals surface area contributed by atoms with E-state index in [4.69, 9.17) is 10.8 Å². The van der Waals surface area contributed by atoms with Crippen LogP contribution in [0.4, 0.5) is 10.7 Å². The molecule has 0 saturated carbocycles. The van der Waals surface area contributed by atoms with Crippen molar-refractivity contribution in [2.75, 3.05) is 18.4 Å². The molecule has 3 heterocycles. The van der Waals surface area contributed by atoms with Gasteiger partial charge in [0.15, 0.2) is 0 Å². The fourth-order valence-corrected chi connectivity index (χ4v) is 3.53. The Kier molecular flexibility index (Phi) is 4.56. The molecule has 0 bridgehead atoms. The minimum atomic E-state index is -0.883. The van der Waals surface area contributed by atoms with Crippen LogP contribution in [0.25, 0.3) is 16.7 Å². The number of nitrogens with two attached hydrogens (primary N) is 1. The molecule has 3 aromatic rings. The smallest absolute Gasteiger partial charge is 0.407 e. The molecule has 0 aliphatic carbocycles. The van der Waals surface area contributed by atoms with Crippen LogP contribution in [0.3, 0.4) is 0 Å². The van der Waals surface area contributed by atoms with Gasteiger partial charge in [0.1, 0.15) is 5.82 Å². The van der Waals surface area contributed by atoms with E-state index in [0.717, 1.165) is 10.9 Å². The molecule has 4 N–H and O–H groups in total. The summed E-state index contributed by atoms with van der Waals surface area (Å²) >= 11 is 0. The van der Waals surface area contributed by atoms with Crippen LogP contribution in [-0.2, 0) is 0 Å². The number of carbonyl (C=O) groups excluding carboxylic acids is 1. The number of nitrogens with zero attached hydrogens (tertiary/aromatic N) is 4. The van der Waals surface area contributed by atoms with Crippen molar-refractivity contribution in [3.8, 4) is 5.82 Å². The molecular weight excluding hydrogens is 360 g/mol. The summed E-state index contributed by atoms with van der Waals surface area (Å²) in [5.74, 6) is 0.678. The molecule has 1 fully saturated rings. The molecule has 9 nitrogen and oxygen atoms in total. The summed E-state index contributed by atoms with van der Waals surface area (Å²) in [5.41, 5.74) is 6.76. The fourth-order valence-electron chi connectivity index (χ4n) is 3.53. The van der Waals surface area contributed by atoms with Crippen LogP contribution in [0.15, 0.2) is 42.7 Å². The quantitative estimate of drug-likeness (QED) is 0.636. The third kappa shape index (κ3) is 3.34. The molecule has 2 amide bonds. The zero-order chi connectivity index (χ0) is 19.7. The molecule has 1 saturated heterocycles. The molecule has 1 aliphatic heterocycles. The summed E-state index contributed by atoms with van der Waals surface area (Å²) in [6.07, 6.45) is 4.03. The number of carboxylic acid groups (broad SMARTS) is 1. The van der Waals surface area contributed by atoms with E-state index in [2.05, 4.69) is 15.3 Å². The highest BCUT2D eigenvalue weighted by Crippen LogP contribution is 2.23. The number of hydrogen-bond acceptors (Lipinski definition) is 5. The van der Waals surface area contributed by atoms with Crippen molar-refractivity contribution in [2.45, 2.75) is 18.9 Å². The van der Waals surface area contributed by atoms with Crippen molar-refractivity contribution in [1.29, 1.82) is 0 Å². The van der Waals surface area contributed by atoms with Crippen molar-refractivity contribution in [3.05, 3.63) is 48.3 Å². The van der Waals surface area contributed by atoms with E-state index in [9.17, 15) is 9.59 Å². The van der Waals surface area contributed by atoms with Crippen molar-refractivity contribution >= 4 is 28.9 Å². The average molecular weight is 380 g/mol. The molecular formula is C19H20N6O3. The molecule has 4 rings (SSSR count). The predicted molar refractivity (Wildman–Crippen MR) is 104 cm³/mol. The second-order valence-corrected chi connectivity index (χ2v) is 6.72. The largest absolute Gasteiger partial charge is 0.465 e. The zero-order valence-electron chi connectivity index (χ0n) is 15.1. The van der Waals surface area contributed by atoms with Crippen LogP contribution >= 0.6 is 0 Å². The van der Waals surface area contributed by atoms with Crippen molar-refractivity contribution < 1.29 is 14.7 Å². The van der Waals surface area contributed by atoms with Gasteiger partial charge in [-0.25, -0.2) is 9.78 Å². The second kappa shape index (κ2) is 7.18. The SMILES string of the molecule is NC(=O)c1cccc2c1ccn2-c1ccnc(NC2CCN(C(=O)O)CC2)n1. The van der Waals surface area contributed by atoms with E-state index in [1.54, 1.807) is 24.4 Å². The molecule has 0 radical (unpaired) electrons. The van der Waals surface area contributed by atoms with Crippen LogP contribution in [0.2, 0.25) is 0 Å². The summed E-state index contributed by atoms with van der Waals surface area (Å²) in [4.78, 5) is 32.9. The maximum Gasteiger partial charge on any atom is 0.407 e. The lowest BCUT2D eigenvalue weighted by Crippen LogP contribution is -2.41. The van der Waals surface area contributed by atoms with Gasteiger partial charge in [0.05, 0.1) is 5.52 Å². The predicted octanol–water partition coefficient (Wildman–Crippen LogP) is 2.07. The summed E-state index contributed by atoms with van der Waals surface area (Å²) in [6, 6.07) is 9.13. The highest BCUT2D eigenvalue weighted by Gasteiger charge is 2.22. The number of hydrogen-bond donors (Lipinski definition) is 3. The topological polar surface area (TPSA) is 126 Å². The van der Waals surface area contributed by atoms with Gasteiger partial charge < -0.3 is 25.6 Å². The Morgan fingerprint density at radius 2 is 1.96 bits per heavy atom. The summed E-state index contributed by atoms with van der Waals surface area (Å²) < 4.78 is 1.88. The van der Waals surface area contributed by atoms with E-state index in [1.165, 1.54) is 4.90 Å². The molecule has 9 heteroatoms. The average Bonchev–Trinajstić information content (AvgIpc) is 3.12. The Morgan fingerprint density at radius 3 is 2.68 bits per heavy atom. The second-order valence-electron chi connectivity index (χ2n) is 6.72. The zero-order valence-corrected chi connectivity index (χ0v) is 15.1. The first-order valence-corrected chi connectivity index (χ1v) is 9.00. The number of nitrogens with one attached hydrogen (secondary N) is 1. The van der Waals surface area contributed by atoms with Crippen LogP contribution < -0.4 is 11.1 Å². The number of fused-ring (bicyclic) bond motifs is 1. The van der Waals surface area contributed by atoms with Gasteiger partial charge in [-0.15, -0.1) is 0 Å². The van der Waals surface area contributed by atoms with Crippen LogP contribution in [0.1, 0.15) is 23.2 Å². The van der Waals surface area contributed by atoms with Crippen molar-refractivity contribution in [2.24, 2.45) is 5.73 Å². The van der Waals surface area contributed by atoms with E-state index < -0.39 is 12.0 Å². The molecule has 1 aromatic carbocycles. The first kappa shape index (κ1) is 17.8. The van der Waals surface area contributed by atoms with Crippen LogP contribution in [0.5, 0.6) is 0 Å². The van der Waals surface area contributed by atoms with E-state index in [1.807, 2.05) is 22.9 Å². The number of likely N-dealkylation sites (tertiary alicyclic amines) is 1. The highest BCUT2D eigenvalue weighted by atomic mass is 16.4. The van der Waals surface area contributed by atoms with E-state index in [-0.39, 0.29) is 6.04 Å². The van der Waals surface area contributed by atoms with Gasteiger partial charge in [-0.3, -0.25) is 4.79 Å². The Morgan fingerprint density at radius 1 is 1.18 bits per heavy atom. The van der Waals surface area contributed by atoms with Crippen LogP contribution in [-0.4, -0.2) is 55.7 Å². The molecule has 144 valence electrons. The van der Waals surface area contributed by atoms with Gasteiger partial charge in [0.2, 0.25) is 11.9 Å². The fraction of sp³-hybridized carbons (Fsp3) is 0.263. The first-order chi connectivity index (χ1) is 13.5. The molecule has 0 spiro atoms.